The Morgan fingerprint density at radius 1 is 1.19 bits per heavy atom. The molecule has 1 fully saturated rings. The fourth-order valence-corrected chi connectivity index (χ4v) is 3.01. The van der Waals surface area contributed by atoms with Crippen LogP contribution in [0.15, 0.2) is 42.5 Å². The molecule has 0 bridgehead atoms. The van der Waals surface area contributed by atoms with E-state index in [9.17, 15) is 14.4 Å². The van der Waals surface area contributed by atoms with Crippen molar-refractivity contribution in [3.8, 4) is 11.5 Å². The molecule has 0 aliphatic carbocycles. The number of nitrogens with one attached hydrogen (secondary N) is 1. The van der Waals surface area contributed by atoms with Gasteiger partial charge in [-0.3, -0.25) is 14.9 Å². The third-order valence-corrected chi connectivity index (χ3v) is 4.54. The van der Waals surface area contributed by atoms with Crippen LogP contribution in [0.5, 0.6) is 11.5 Å². The van der Waals surface area contributed by atoms with Gasteiger partial charge in [0.05, 0.1) is 0 Å². The minimum atomic E-state index is -1.39. The molecule has 2 aromatic carbocycles. The normalized spacial score (nSPS) is 18.8. The first-order valence-corrected chi connectivity index (χ1v) is 8.80. The molecule has 140 valence electrons. The molecule has 0 saturated carbocycles. The van der Waals surface area contributed by atoms with Crippen LogP contribution in [-0.4, -0.2) is 17.8 Å². The van der Waals surface area contributed by atoms with Gasteiger partial charge in [-0.05, 0) is 56.2 Å². The predicted octanol–water partition coefficient (Wildman–Crippen LogP) is 4.12. The monoisotopic (exact) mass is 367 g/mol. The Hall–Kier alpha value is -3.15. The molecule has 1 atom stereocenters. The first-order valence-electron chi connectivity index (χ1n) is 8.80. The Kier molecular flexibility index (Phi) is 4.99. The molecule has 1 aliphatic rings. The summed E-state index contributed by atoms with van der Waals surface area (Å²) in [6.45, 7) is 5.12. The molecule has 2 aromatic rings. The van der Waals surface area contributed by atoms with Crippen molar-refractivity contribution in [1.82, 2.24) is 5.32 Å². The van der Waals surface area contributed by atoms with Gasteiger partial charge in [-0.1, -0.05) is 25.5 Å². The highest BCUT2D eigenvalue weighted by Gasteiger charge is 2.46. The minimum Gasteiger partial charge on any atom is -0.457 e. The number of benzene rings is 2. The van der Waals surface area contributed by atoms with E-state index in [4.69, 9.17) is 9.47 Å². The lowest BCUT2D eigenvalue weighted by Gasteiger charge is -2.20. The molecule has 0 radical (unpaired) electrons. The van der Waals surface area contributed by atoms with E-state index < -0.39 is 17.6 Å². The number of amides is 2. The third kappa shape index (κ3) is 3.69. The fraction of sp³-hybridized carbons (Fsp3) is 0.286. The maximum absolute atomic E-state index is 12.1. The van der Waals surface area contributed by atoms with Crippen LogP contribution in [0.2, 0.25) is 0 Å². The maximum Gasteiger partial charge on any atom is 0.415 e. The highest BCUT2D eigenvalue weighted by atomic mass is 16.6. The average molecular weight is 367 g/mol. The zero-order chi connectivity index (χ0) is 19.6. The first-order chi connectivity index (χ1) is 12.8. The third-order valence-electron chi connectivity index (χ3n) is 4.54. The van der Waals surface area contributed by atoms with Gasteiger partial charge in [0.25, 0.3) is 5.91 Å². The molecule has 0 aromatic heterocycles. The summed E-state index contributed by atoms with van der Waals surface area (Å²) in [5, 5.41) is 2.14. The Balaban J connectivity index is 1.92. The van der Waals surface area contributed by atoms with E-state index in [1.165, 1.54) is 13.8 Å². The number of cyclic esters (lactones) is 1. The quantitative estimate of drug-likeness (QED) is 0.777. The zero-order valence-electron chi connectivity index (χ0n) is 15.5. The summed E-state index contributed by atoms with van der Waals surface area (Å²) in [5.41, 5.74) is 0.704. The van der Waals surface area contributed by atoms with Crippen LogP contribution in [0.3, 0.4) is 0 Å². The summed E-state index contributed by atoms with van der Waals surface area (Å²) in [4.78, 5) is 35.1. The molecule has 1 saturated heterocycles. The van der Waals surface area contributed by atoms with Crippen molar-refractivity contribution in [2.75, 3.05) is 0 Å². The molecule has 1 heterocycles. The molecule has 27 heavy (non-hydrogen) atoms. The lowest BCUT2D eigenvalue weighted by atomic mass is 9.95. The Labute approximate surface area is 157 Å². The number of carbonyl (C=O) groups is 3. The van der Waals surface area contributed by atoms with Crippen LogP contribution >= 0.6 is 0 Å². The van der Waals surface area contributed by atoms with Crippen LogP contribution in [0.4, 0.5) is 4.79 Å². The van der Waals surface area contributed by atoms with Crippen molar-refractivity contribution < 1.29 is 23.9 Å². The molecule has 1 aliphatic heterocycles. The van der Waals surface area contributed by atoms with Crippen LogP contribution in [0.25, 0.3) is 0 Å². The van der Waals surface area contributed by atoms with Gasteiger partial charge in [-0.15, -0.1) is 0 Å². The number of carbonyl (C=O) groups excluding carboxylic acids is 3. The number of aryl methyl sites for hydroxylation is 1. The lowest BCUT2D eigenvalue weighted by molar-refractivity contribution is -0.130. The SMILES string of the molecule is CCCc1cc(C(C)=O)ccc1Oc1cccc(C2(C)OC(=O)NC2=O)c1. The molecule has 6 nitrogen and oxygen atoms in total. The van der Waals surface area contributed by atoms with Crippen molar-refractivity contribution in [2.24, 2.45) is 0 Å². The number of hydrogen-bond acceptors (Lipinski definition) is 5. The average Bonchev–Trinajstić information content (AvgIpc) is 2.90. The van der Waals surface area contributed by atoms with Crippen LogP contribution in [0, 0.1) is 0 Å². The summed E-state index contributed by atoms with van der Waals surface area (Å²) in [7, 11) is 0. The summed E-state index contributed by atoms with van der Waals surface area (Å²) in [6, 6.07) is 12.2. The van der Waals surface area contributed by atoms with Crippen molar-refractivity contribution >= 4 is 17.8 Å². The number of imide groups is 1. The molecule has 6 heteroatoms. The molecular formula is C21H21NO5. The Bertz CT molecular complexity index is 921. The number of hydrogen-bond donors (Lipinski definition) is 1. The second-order valence-electron chi connectivity index (χ2n) is 6.64. The highest BCUT2D eigenvalue weighted by molar-refractivity contribution is 6.03. The Morgan fingerprint density at radius 3 is 2.59 bits per heavy atom. The van der Waals surface area contributed by atoms with E-state index >= 15 is 0 Å². The lowest BCUT2D eigenvalue weighted by Crippen LogP contribution is -2.33. The van der Waals surface area contributed by atoms with Gasteiger partial charge in [0.2, 0.25) is 5.60 Å². The van der Waals surface area contributed by atoms with Crippen LogP contribution in [-0.2, 0) is 21.6 Å². The number of alkyl carbamates (subject to hydrolysis) is 1. The zero-order valence-corrected chi connectivity index (χ0v) is 15.5. The van der Waals surface area contributed by atoms with E-state index in [-0.39, 0.29) is 5.78 Å². The topological polar surface area (TPSA) is 81.7 Å². The van der Waals surface area contributed by atoms with E-state index in [2.05, 4.69) is 12.2 Å². The van der Waals surface area contributed by atoms with E-state index in [1.807, 2.05) is 6.07 Å². The van der Waals surface area contributed by atoms with Gasteiger partial charge in [0.1, 0.15) is 11.5 Å². The molecular weight excluding hydrogens is 346 g/mol. The van der Waals surface area contributed by atoms with Gasteiger partial charge >= 0.3 is 6.09 Å². The van der Waals surface area contributed by atoms with Gasteiger partial charge in [-0.2, -0.15) is 0 Å². The van der Waals surface area contributed by atoms with Crippen molar-refractivity contribution in [2.45, 2.75) is 39.2 Å². The summed E-state index contributed by atoms with van der Waals surface area (Å²) < 4.78 is 11.2. The summed E-state index contributed by atoms with van der Waals surface area (Å²) >= 11 is 0. The van der Waals surface area contributed by atoms with Gasteiger partial charge < -0.3 is 9.47 Å². The summed E-state index contributed by atoms with van der Waals surface area (Å²) in [5.74, 6) is 0.652. The van der Waals surface area contributed by atoms with E-state index in [0.717, 1.165) is 18.4 Å². The maximum atomic E-state index is 12.1. The molecule has 1 unspecified atom stereocenters. The van der Waals surface area contributed by atoms with Crippen molar-refractivity contribution in [3.63, 3.8) is 0 Å². The number of Topliss-reactive ketones (excluding diaryl/α,β-unsaturated/α-hetero) is 1. The van der Waals surface area contributed by atoms with Gasteiger partial charge in [-0.25, -0.2) is 4.79 Å². The largest absolute Gasteiger partial charge is 0.457 e. The van der Waals surface area contributed by atoms with E-state index in [0.29, 0.717) is 22.6 Å². The van der Waals surface area contributed by atoms with Gasteiger partial charge in [0, 0.05) is 11.1 Å². The van der Waals surface area contributed by atoms with Crippen LogP contribution in [0.1, 0.15) is 48.7 Å². The number of ether oxygens (including phenoxy) is 2. The number of ketones is 1. The summed E-state index contributed by atoms with van der Waals surface area (Å²) in [6.07, 6.45) is 0.915. The molecule has 2 amide bonds. The molecule has 0 spiro atoms. The fourth-order valence-electron chi connectivity index (χ4n) is 3.01. The molecule has 3 rings (SSSR count). The van der Waals surface area contributed by atoms with Crippen molar-refractivity contribution in [3.05, 3.63) is 59.2 Å². The Morgan fingerprint density at radius 2 is 1.96 bits per heavy atom. The number of rotatable bonds is 6. The van der Waals surface area contributed by atoms with Gasteiger partial charge in [0.15, 0.2) is 5.78 Å². The second kappa shape index (κ2) is 7.23. The standard InChI is InChI=1S/C21H21NO5/c1-4-6-15-11-14(13(2)23)9-10-18(15)26-17-8-5-7-16(12-17)21(3)19(24)22-20(25)27-21/h5,7-12H,4,6H2,1-3H3,(H,22,24,25). The second-order valence-corrected chi connectivity index (χ2v) is 6.64. The van der Waals surface area contributed by atoms with Crippen LogP contribution < -0.4 is 10.1 Å². The minimum absolute atomic E-state index is 0.00267. The highest BCUT2D eigenvalue weighted by Crippen LogP contribution is 2.34. The predicted molar refractivity (Wildman–Crippen MR) is 98.9 cm³/mol. The smallest absolute Gasteiger partial charge is 0.415 e. The van der Waals surface area contributed by atoms with Crippen molar-refractivity contribution in [1.29, 1.82) is 0 Å². The molecule has 1 N–H and O–H groups in total. The van der Waals surface area contributed by atoms with E-state index in [1.54, 1.807) is 36.4 Å². The first kappa shape index (κ1) is 18.6.